The number of rotatable bonds is 2. The van der Waals surface area contributed by atoms with Crippen molar-refractivity contribution in [1.82, 2.24) is 14.9 Å². The Morgan fingerprint density at radius 2 is 1.79 bits per heavy atom. The van der Waals surface area contributed by atoms with E-state index in [0.29, 0.717) is 37.7 Å². The molecule has 0 unspecified atom stereocenters. The zero-order valence-corrected chi connectivity index (χ0v) is 16.2. The minimum Gasteiger partial charge on any atom is -0.353 e. The number of pyridine rings is 1. The highest BCUT2D eigenvalue weighted by Crippen LogP contribution is 2.29. The SMILES string of the molecule is Cc1cc(C)c2cc(C(=O)N3CCN(c4ccc(C(F)(F)F)cn4)CC3)[nH]c2c1. The van der Waals surface area contributed by atoms with Crippen LogP contribution in [0.4, 0.5) is 19.0 Å². The van der Waals surface area contributed by atoms with Gasteiger partial charge in [0.25, 0.3) is 5.91 Å². The first kappa shape index (κ1) is 19.3. The van der Waals surface area contributed by atoms with Crippen molar-refractivity contribution in [1.29, 1.82) is 0 Å². The molecule has 4 rings (SSSR count). The minimum absolute atomic E-state index is 0.0710. The summed E-state index contributed by atoms with van der Waals surface area (Å²) in [5, 5.41) is 1.03. The fourth-order valence-electron chi connectivity index (χ4n) is 3.76. The normalized spacial score (nSPS) is 15.2. The number of hydrogen-bond acceptors (Lipinski definition) is 3. The largest absolute Gasteiger partial charge is 0.417 e. The van der Waals surface area contributed by atoms with Gasteiger partial charge in [-0.1, -0.05) is 6.07 Å². The van der Waals surface area contributed by atoms with Crippen molar-refractivity contribution in [2.45, 2.75) is 20.0 Å². The van der Waals surface area contributed by atoms with Gasteiger partial charge in [0.15, 0.2) is 0 Å². The average Bonchev–Trinajstić information content (AvgIpc) is 3.11. The second-order valence-corrected chi connectivity index (χ2v) is 7.41. The van der Waals surface area contributed by atoms with Crippen LogP contribution in [0.2, 0.25) is 0 Å². The standard InChI is InChI=1S/C21H21F3N4O/c1-13-9-14(2)16-11-18(26-17(16)10-13)20(29)28-7-5-27(6-8-28)19-4-3-15(12-25-19)21(22,23)24/h3-4,9-12,26H,5-8H2,1-2H3. The molecule has 0 saturated carbocycles. The Bertz CT molecular complexity index is 1050. The van der Waals surface area contributed by atoms with E-state index >= 15 is 0 Å². The number of piperazine rings is 1. The molecule has 2 aromatic heterocycles. The summed E-state index contributed by atoms with van der Waals surface area (Å²) in [6.07, 6.45) is -3.55. The summed E-state index contributed by atoms with van der Waals surface area (Å²) < 4.78 is 38.1. The average molecular weight is 402 g/mol. The van der Waals surface area contributed by atoms with E-state index in [1.807, 2.05) is 30.9 Å². The minimum atomic E-state index is -4.40. The molecule has 0 atom stereocenters. The van der Waals surface area contributed by atoms with E-state index in [-0.39, 0.29) is 5.91 Å². The molecule has 5 nitrogen and oxygen atoms in total. The number of hydrogen-bond donors (Lipinski definition) is 1. The van der Waals surface area contributed by atoms with E-state index in [1.54, 1.807) is 4.90 Å². The van der Waals surface area contributed by atoms with Crippen LogP contribution in [0.15, 0.2) is 36.5 Å². The second-order valence-electron chi connectivity index (χ2n) is 7.41. The summed E-state index contributed by atoms with van der Waals surface area (Å²) in [4.78, 5) is 23.7. The maximum absolute atomic E-state index is 12.9. The van der Waals surface area contributed by atoms with Crippen LogP contribution in [-0.4, -0.2) is 47.0 Å². The fraction of sp³-hybridized carbons (Fsp3) is 0.333. The lowest BCUT2D eigenvalue weighted by molar-refractivity contribution is -0.137. The van der Waals surface area contributed by atoms with Gasteiger partial charge in [0.1, 0.15) is 11.5 Å². The zero-order chi connectivity index (χ0) is 20.8. The molecule has 1 aliphatic rings. The van der Waals surface area contributed by atoms with Gasteiger partial charge in [-0.05, 0) is 49.2 Å². The molecule has 0 radical (unpaired) electrons. The molecule has 1 fully saturated rings. The number of carbonyl (C=O) groups is 1. The number of amides is 1. The Hall–Kier alpha value is -3.03. The smallest absolute Gasteiger partial charge is 0.353 e. The molecule has 1 amide bonds. The zero-order valence-electron chi connectivity index (χ0n) is 16.2. The van der Waals surface area contributed by atoms with Gasteiger partial charge in [-0.3, -0.25) is 4.79 Å². The summed E-state index contributed by atoms with van der Waals surface area (Å²) in [5.74, 6) is 0.417. The Balaban J connectivity index is 1.44. The number of alkyl halides is 3. The monoisotopic (exact) mass is 402 g/mol. The topological polar surface area (TPSA) is 52.2 Å². The molecule has 8 heteroatoms. The first-order chi connectivity index (χ1) is 13.7. The number of aromatic nitrogens is 2. The molecule has 0 aliphatic carbocycles. The van der Waals surface area contributed by atoms with E-state index in [1.165, 1.54) is 6.07 Å². The Labute approximate surface area is 166 Å². The van der Waals surface area contributed by atoms with Gasteiger partial charge >= 0.3 is 6.18 Å². The van der Waals surface area contributed by atoms with Crippen LogP contribution in [0.5, 0.6) is 0 Å². The number of benzene rings is 1. The molecule has 152 valence electrons. The van der Waals surface area contributed by atoms with Crippen LogP contribution in [-0.2, 0) is 6.18 Å². The fourth-order valence-corrected chi connectivity index (χ4v) is 3.76. The first-order valence-electron chi connectivity index (χ1n) is 9.40. The van der Waals surface area contributed by atoms with E-state index in [0.717, 1.165) is 34.3 Å². The lowest BCUT2D eigenvalue weighted by Gasteiger charge is -2.35. The number of nitrogens with one attached hydrogen (secondary N) is 1. The van der Waals surface area contributed by atoms with Crippen molar-refractivity contribution in [2.75, 3.05) is 31.1 Å². The molecule has 1 aromatic carbocycles. The van der Waals surface area contributed by atoms with E-state index in [4.69, 9.17) is 0 Å². The van der Waals surface area contributed by atoms with E-state index in [9.17, 15) is 18.0 Å². The van der Waals surface area contributed by atoms with Crippen LogP contribution in [0, 0.1) is 13.8 Å². The lowest BCUT2D eigenvalue weighted by atomic mass is 10.1. The molecular weight excluding hydrogens is 381 g/mol. The van der Waals surface area contributed by atoms with Gasteiger partial charge < -0.3 is 14.8 Å². The third-order valence-corrected chi connectivity index (χ3v) is 5.29. The summed E-state index contributed by atoms with van der Waals surface area (Å²) in [5.41, 5.74) is 2.98. The number of anilines is 1. The number of halogens is 3. The summed E-state index contributed by atoms with van der Waals surface area (Å²) in [6.45, 7) is 6.03. The van der Waals surface area contributed by atoms with Crippen molar-refractivity contribution in [3.63, 3.8) is 0 Å². The van der Waals surface area contributed by atoms with Crippen LogP contribution in [0.1, 0.15) is 27.2 Å². The Morgan fingerprint density at radius 3 is 2.41 bits per heavy atom. The van der Waals surface area contributed by atoms with Gasteiger partial charge in [0, 0.05) is 43.3 Å². The van der Waals surface area contributed by atoms with Crippen LogP contribution >= 0.6 is 0 Å². The van der Waals surface area contributed by atoms with Crippen LogP contribution in [0.25, 0.3) is 10.9 Å². The molecule has 3 heterocycles. The summed E-state index contributed by atoms with van der Waals surface area (Å²) >= 11 is 0. The molecule has 3 aromatic rings. The van der Waals surface area contributed by atoms with Gasteiger partial charge in [0.2, 0.25) is 0 Å². The highest BCUT2D eigenvalue weighted by Gasteiger charge is 2.31. The predicted octanol–water partition coefficient (Wildman–Crippen LogP) is 4.16. The van der Waals surface area contributed by atoms with E-state index in [2.05, 4.69) is 16.0 Å². The number of fused-ring (bicyclic) bond motifs is 1. The first-order valence-corrected chi connectivity index (χ1v) is 9.40. The van der Waals surface area contributed by atoms with Crippen molar-refractivity contribution in [3.05, 3.63) is 58.9 Å². The van der Waals surface area contributed by atoms with Crippen molar-refractivity contribution < 1.29 is 18.0 Å². The lowest BCUT2D eigenvalue weighted by Crippen LogP contribution is -2.49. The van der Waals surface area contributed by atoms with E-state index < -0.39 is 11.7 Å². The number of nitrogens with zero attached hydrogens (tertiary/aromatic N) is 3. The quantitative estimate of drug-likeness (QED) is 0.700. The molecule has 1 N–H and O–H groups in total. The molecule has 0 spiro atoms. The maximum atomic E-state index is 12.9. The van der Waals surface area contributed by atoms with Gasteiger partial charge in [-0.15, -0.1) is 0 Å². The Morgan fingerprint density at radius 1 is 1.07 bits per heavy atom. The number of aromatic amines is 1. The van der Waals surface area contributed by atoms with Crippen molar-refractivity contribution >= 4 is 22.6 Å². The number of H-pyrrole nitrogens is 1. The third-order valence-electron chi connectivity index (χ3n) is 5.29. The molecule has 1 saturated heterocycles. The molecular formula is C21H21F3N4O. The Kier molecular flexibility index (Phi) is 4.72. The summed E-state index contributed by atoms with van der Waals surface area (Å²) in [6, 6.07) is 8.40. The van der Waals surface area contributed by atoms with Crippen LogP contribution in [0.3, 0.4) is 0 Å². The molecule has 0 bridgehead atoms. The second kappa shape index (κ2) is 7.09. The van der Waals surface area contributed by atoms with Gasteiger partial charge in [-0.25, -0.2) is 4.98 Å². The van der Waals surface area contributed by atoms with Crippen molar-refractivity contribution in [2.24, 2.45) is 0 Å². The van der Waals surface area contributed by atoms with Gasteiger partial charge in [-0.2, -0.15) is 13.2 Å². The number of carbonyl (C=O) groups excluding carboxylic acids is 1. The highest BCUT2D eigenvalue weighted by atomic mass is 19.4. The molecule has 1 aliphatic heterocycles. The van der Waals surface area contributed by atoms with Crippen LogP contribution < -0.4 is 4.90 Å². The van der Waals surface area contributed by atoms with Crippen molar-refractivity contribution in [3.8, 4) is 0 Å². The maximum Gasteiger partial charge on any atom is 0.417 e. The summed E-state index contributed by atoms with van der Waals surface area (Å²) in [7, 11) is 0. The molecule has 29 heavy (non-hydrogen) atoms. The predicted molar refractivity (Wildman–Crippen MR) is 105 cm³/mol. The highest BCUT2D eigenvalue weighted by molar-refractivity contribution is 5.99. The number of aryl methyl sites for hydroxylation is 2. The third kappa shape index (κ3) is 3.79. The van der Waals surface area contributed by atoms with Gasteiger partial charge in [0.05, 0.1) is 5.56 Å².